The third-order valence-electron chi connectivity index (χ3n) is 6.65. The van der Waals surface area contributed by atoms with Gasteiger partial charge in [0.2, 0.25) is 0 Å². The minimum atomic E-state index is 0.777. The predicted octanol–water partition coefficient (Wildman–Crippen LogP) is 11.2. The van der Waals surface area contributed by atoms with Crippen molar-refractivity contribution < 1.29 is 4.74 Å². The highest BCUT2D eigenvalue weighted by Gasteiger charge is 2.14. The minimum absolute atomic E-state index is 0.777. The Hall–Kier alpha value is -3.34. The summed E-state index contributed by atoms with van der Waals surface area (Å²) in [5, 5.41) is 0. The molecule has 5 aromatic rings. The van der Waals surface area contributed by atoms with E-state index in [1.54, 1.807) is 0 Å². The maximum Gasteiger partial charge on any atom is 0.119 e. The number of nitrogens with zero attached hydrogens (tertiary/aromatic N) is 1. The molecule has 0 atom stereocenters. The van der Waals surface area contributed by atoms with Crippen LogP contribution in [0.3, 0.4) is 0 Å². The highest BCUT2D eigenvalue weighted by molar-refractivity contribution is 7.23. The van der Waals surface area contributed by atoms with Crippen LogP contribution in [-0.4, -0.2) is 6.61 Å². The molecule has 38 heavy (non-hydrogen) atoms. The molecule has 5 rings (SSSR count). The molecule has 0 saturated heterocycles. The van der Waals surface area contributed by atoms with Gasteiger partial charge in [0, 0.05) is 36.6 Å². The van der Waals surface area contributed by atoms with Crippen molar-refractivity contribution in [1.29, 1.82) is 0 Å². The summed E-state index contributed by atoms with van der Waals surface area (Å²) >= 11 is 3.71. The first kappa shape index (κ1) is 26.3. The van der Waals surface area contributed by atoms with Gasteiger partial charge in [0.15, 0.2) is 0 Å². The summed E-state index contributed by atoms with van der Waals surface area (Å²) in [7, 11) is 0. The largest absolute Gasteiger partial charge is 0.494 e. The van der Waals surface area contributed by atoms with Gasteiger partial charge in [0.1, 0.15) is 5.75 Å². The van der Waals surface area contributed by atoms with E-state index in [1.165, 1.54) is 49.9 Å². The van der Waals surface area contributed by atoms with Crippen LogP contribution in [0.15, 0.2) is 97.1 Å². The second-order valence-electron chi connectivity index (χ2n) is 9.70. The van der Waals surface area contributed by atoms with Gasteiger partial charge < -0.3 is 9.64 Å². The Balaban J connectivity index is 1.37. The molecule has 0 fully saturated rings. The predicted molar refractivity (Wildman–Crippen MR) is 167 cm³/mol. The second kappa shape index (κ2) is 12.5. The number of ether oxygens (including phenoxy) is 1. The zero-order valence-electron chi connectivity index (χ0n) is 22.4. The topological polar surface area (TPSA) is 12.5 Å². The van der Waals surface area contributed by atoms with E-state index in [1.807, 2.05) is 22.7 Å². The van der Waals surface area contributed by atoms with Crippen LogP contribution in [0, 0.1) is 13.8 Å². The Morgan fingerprint density at radius 3 is 1.79 bits per heavy atom. The summed E-state index contributed by atoms with van der Waals surface area (Å²) in [5.41, 5.74) is 5.89. The van der Waals surface area contributed by atoms with Crippen molar-refractivity contribution in [2.75, 3.05) is 11.5 Å². The molecule has 0 aliphatic carbocycles. The van der Waals surface area contributed by atoms with E-state index in [0.717, 1.165) is 35.8 Å². The number of thiophene rings is 2. The summed E-state index contributed by atoms with van der Waals surface area (Å²) in [5.74, 6) is 0.930. The zero-order chi connectivity index (χ0) is 26.3. The van der Waals surface area contributed by atoms with Crippen molar-refractivity contribution in [2.45, 2.75) is 46.5 Å². The number of anilines is 3. The lowest BCUT2D eigenvalue weighted by molar-refractivity contribution is 0.305. The van der Waals surface area contributed by atoms with Gasteiger partial charge in [-0.1, -0.05) is 56.0 Å². The number of hydrogen-bond acceptors (Lipinski definition) is 4. The van der Waals surface area contributed by atoms with Crippen LogP contribution < -0.4 is 9.64 Å². The van der Waals surface area contributed by atoms with Crippen LogP contribution in [0.5, 0.6) is 5.75 Å². The van der Waals surface area contributed by atoms with Gasteiger partial charge in [-0.15, -0.1) is 22.7 Å². The summed E-state index contributed by atoms with van der Waals surface area (Å²) in [6.45, 7) is 7.30. The average molecular weight is 538 g/mol. The molecule has 0 spiro atoms. The number of hydrogen-bond donors (Lipinski definition) is 0. The first-order valence-corrected chi connectivity index (χ1v) is 15.1. The quantitative estimate of drug-likeness (QED) is 0.155. The molecule has 0 amide bonds. The maximum absolute atomic E-state index is 6.00. The van der Waals surface area contributed by atoms with Crippen LogP contribution in [0.2, 0.25) is 0 Å². The summed E-state index contributed by atoms with van der Waals surface area (Å²) in [4.78, 5) is 7.62. The van der Waals surface area contributed by atoms with Gasteiger partial charge in [-0.3, -0.25) is 0 Å². The lowest BCUT2D eigenvalue weighted by Crippen LogP contribution is -2.10. The molecule has 0 radical (unpaired) electrons. The van der Waals surface area contributed by atoms with Gasteiger partial charge in [-0.25, -0.2) is 0 Å². The number of unbranched alkanes of at least 4 members (excludes halogenated alkanes) is 3. The van der Waals surface area contributed by atoms with Crippen LogP contribution in [0.4, 0.5) is 17.1 Å². The van der Waals surface area contributed by atoms with Gasteiger partial charge >= 0.3 is 0 Å². The lowest BCUT2D eigenvalue weighted by atomic mass is 10.1. The summed E-state index contributed by atoms with van der Waals surface area (Å²) in [6.07, 6.45) is 4.85. The zero-order valence-corrected chi connectivity index (χ0v) is 24.1. The lowest BCUT2D eigenvalue weighted by Gasteiger charge is -2.26. The van der Waals surface area contributed by atoms with Crippen molar-refractivity contribution >= 4 is 39.7 Å². The number of benzene rings is 3. The van der Waals surface area contributed by atoms with Crippen LogP contribution in [0.1, 0.15) is 43.0 Å². The van der Waals surface area contributed by atoms with Gasteiger partial charge in [-0.2, -0.15) is 0 Å². The second-order valence-corrected chi connectivity index (χ2v) is 12.1. The van der Waals surface area contributed by atoms with Crippen molar-refractivity contribution in [3.8, 4) is 25.9 Å². The molecule has 4 heteroatoms. The SMILES string of the molecule is CCCCCCOc1ccc(N(c2ccc(C)cc2)c2ccc(-c3ccc(-c4ccc(C)s4)s3)cc2)cc1. The Morgan fingerprint density at radius 1 is 0.579 bits per heavy atom. The molecule has 0 bridgehead atoms. The minimum Gasteiger partial charge on any atom is -0.494 e. The molecular weight excluding hydrogens is 503 g/mol. The van der Waals surface area contributed by atoms with Crippen LogP contribution >= 0.6 is 22.7 Å². The van der Waals surface area contributed by atoms with Crippen LogP contribution in [0.25, 0.3) is 20.2 Å². The molecule has 194 valence electrons. The fourth-order valence-corrected chi connectivity index (χ4v) is 6.49. The molecule has 0 N–H and O–H groups in total. The third kappa shape index (κ3) is 6.38. The maximum atomic E-state index is 6.00. The molecule has 2 heterocycles. The van der Waals surface area contributed by atoms with Gasteiger partial charge in [-0.05, 0) is 98.6 Å². The molecule has 2 aromatic heterocycles. The van der Waals surface area contributed by atoms with Crippen molar-refractivity contribution in [3.05, 3.63) is 108 Å². The van der Waals surface area contributed by atoms with Crippen molar-refractivity contribution in [1.82, 2.24) is 0 Å². The van der Waals surface area contributed by atoms with E-state index < -0.39 is 0 Å². The summed E-state index contributed by atoms with van der Waals surface area (Å²) < 4.78 is 6.00. The molecule has 3 aromatic carbocycles. The Bertz CT molecular complexity index is 1430. The van der Waals surface area contributed by atoms with E-state index in [4.69, 9.17) is 4.74 Å². The van der Waals surface area contributed by atoms with Crippen LogP contribution in [-0.2, 0) is 0 Å². The normalized spacial score (nSPS) is 11.0. The van der Waals surface area contributed by atoms with Gasteiger partial charge in [0.05, 0.1) is 6.61 Å². The average Bonchev–Trinajstić information content (AvgIpc) is 3.60. The Kier molecular flexibility index (Phi) is 8.62. The van der Waals surface area contributed by atoms with E-state index in [-0.39, 0.29) is 0 Å². The molecular formula is C34H35NOS2. The molecule has 2 nitrogen and oxygen atoms in total. The molecule has 0 unspecified atom stereocenters. The highest BCUT2D eigenvalue weighted by atomic mass is 32.1. The van der Waals surface area contributed by atoms with Gasteiger partial charge in [0.25, 0.3) is 0 Å². The number of rotatable bonds is 11. The molecule has 0 saturated carbocycles. The molecule has 0 aliphatic heterocycles. The Labute approximate surface area is 235 Å². The monoisotopic (exact) mass is 537 g/mol. The Morgan fingerprint density at radius 2 is 1.16 bits per heavy atom. The first-order chi connectivity index (χ1) is 18.6. The van der Waals surface area contributed by atoms with E-state index in [2.05, 4.69) is 123 Å². The fraction of sp³-hybridized carbons (Fsp3) is 0.235. The molecule has 0 aliphatic rings. The summed E-state index contributed by atoms with van der Waals surface area (Å²) in [6, 6.07) is 35.0. The first-order valence-electron chi connectivity index (χ1n) is 13.5. The third-order valence-corrected chi connectivity index (χ3v) is 8.98. The standard InChI is InChI=1S/C34H35NOS2/c1-4-5-6-7-24-36-31-19-17-30(18-20-31)35(28-13-8-25(2)9-14-28)29-15-11-27(12-16-29)32-22-23-34(38-32)33-21-10-26(3)37-33/h8-23H,4-7,24H2,1-3H3. The van der Waals surface area contributed by atoms with E-state index in [0.29, 0.717) is 0 Å². The highest BCUT2D eigenvalue weighted by Crippen LogP contribution is 2.40. The van der Waals surface area contributed by atoms with E-state index >= 15 is 0 Å². The smallest absolute Gasteiger partial charge is 0.119 e. The van der Waals surface area contributed by atoms with Crippen molar-refractivity contribution in [3.63, 3.8) is 0 Å². The van der Waals surface area contributed by atoms with Crippen molar-refractivity contribution in [2.24, 2.45) is 0 Å². The van der Waals surface area contributed by atoms with E-state index in [9.17, 15) is 0 Å². The fourth-order valence-electron chi connectivity index (χ4n) is 4.52. The number of aryl methyl sites for hydroxylation is 2.